The van der Waals surface area contributed by atoms with Gasteiger partial charge in [-0.05, 0) is 44.4 Å². The number of benzene rings is 1. The summed E-state index contributed by atoms with van der Waals surface area (Å²) in [6, 6.07) is 11.9. The molecule has 3 heteroatoms. The zero-order chi connectivity index (χ0) is 13.1. The molecule has 0 bridgehead atoms. The van der Waals surface area contributed by atoms with Crippen LogP contribution in [0.15, 0.2) is 30.3 Å². The topological polar surface area (TPSA) is 32.5 Å². The van der Waals surface area contributed by atoms with Crippen LogP contribution < -0.4 is 10.6 Å². The van der Waals surface area contributed by atoms with Gasteiger partial charge in [0, 0.05) is 37.4 Å². The minimum Gasteiger partial charge on any atom is -0.371 e. The second-order valence-electron chi connectivity index (χ2n) is 5.95. The zero-order valence-electron chi connectivity index (χ0n) is 11.7. The Balaban J connectivity index is 1.54. The van der Waals surface area contributed by atoms with Crippen LogP contribution in [0.1, 0.15) is 25.7 Å². The lowest BCUT2D eigenvalue weighted by Gasteiger charge is -2.42. The Kier molecular flexibility index (Phi) is 4.04. The maximum Gasteiger partial charge on any atom is 0.0366 e. The van der Waals surface area contributed by atoms with Crippen LogP contribution in [0.25, 0.3) is 0 Å². The molecule has 2 aliphatic rings. The van der Waals surface area contributed by atoms with Gasteiger partial charge in [0.05, 0.1) is 0 Å². The summed E-state index contributed by atoms with van der Waals surface area (Å²) >= 11 is 0. The van der Waals surface area contributed by atoms with E-state index in [0.717, 1.165) is 12.6 Å². The van der Waals surface area contributed by atoms with Crippen LogP contribution in [-0.4, -0.2) is 43.2 Å². The second-order valence-corrected chi connectivity index (χ2v) is 5.95. The highest BCUT2D eigenvalue weighted by molar-refractivity contribution is 5.46. The summed E-state index contributed by atoms with van der Waals surface area (Å²) in [4.78, 5) is 5.15. The maximum atomic E-state index is 6.10. The molecule has 0 spiro atoms. The quantitative estimate of drug-likeness (QED) is 0.882. The van der Waals surface area contributed by atoms with Gasteiger partial charge in [-0.25, -0.2) is 0 Å². The third kappa shape index (κ3) is 3.10. The summed E-state index contributed by atoms with van der Waals surface area (Å²) in [5.74, 6) is 0. The highest BCUT2D eigenvalue weighted by atomic mass is 15.2. The molecule has 1 atom stereocenters. The van der Waals surface area contributed by atoms with Crippen molar-refractivity contribution >= 4 is 5.69 Å². The van der Waals surface area contributed by atoms with Crippen molar-refractivity contribution in [1.29, 1.82) is 0 Å². The molecule has 3 rings (SSSR count). The highest BCUT2D eigenvalue weighted by Crippen LogP contribution is 2.24. The molecule has 0 aliphatic carbocycles. The normalized spacial score (nSPS) is 26.6. The number of piperidine rings is 2. The third-order valence-corrected chi connectivity index (χ3v) is 4.59. The monoisotopic (exact) mass is 259 g/mol. The van der Waals surface area contributed by atoms with E-state index in [1.807, 2.05) is 0 Å². The zero-order valence-corrected chi connectivity index (χ0v) is 11.7. The summed E-state index contributed by atoms with van der Waals surface area (Å²) in [7, 11) is 0. The highest BCUT2D eigenvalue weighted by Gasteiger charge is 2.27. The van der Waals surface area contributed by atoms with Crippen molar-refractivity contribution in [3.63, 3.8) is 0 Å². The lowest BCUT2D eigenvalue weighted by molar-refractivity contribution is 0.129. The van der Waals surface area contributed by atoms with Gasteiger partial charge in [0.2, 0.25) is 0 Å². The van der Waals surface area contributed by atoms with Gasteiger partial charge in [0.25, 0.3) is 0 Å². The van der Waals surface area contributed by atoms with Crippen molar-refractivity contribution in [3.05, 3.63) is 30.3 Å². The van der Waals surface area contributed by atoms with E-state index in [1.54, 1.807) is 0 Å². The third-order valence-electron chi connectivity index (χ3n) is 4.59. The molecule has 0 aromatic heterocycles. The van der Waals surface area contributed by atoms with Gasteiger partial charge in [-0.15, -0.1) is 0 Å². The van der Waals surface area contributed by atoms with Crippen molar-refractivity contribution in [2.24, 2.45) is 5.73 Å². The maximum absolute atomic E-state index is 6.10. The number of para-hydroxylation sites is 1. The molecule has 2 fully saturated rings. The van der Waals surface area contributed by atoms with Crippen molar-refractivity contribution in [2.45, 2.75) is 37.8 Å². The molecule has 2 aliphatic heterocycles. The standard InChI is InChI=1S/C16H25N3/c17-14-5-4-10-19(13-14)16-8-11-18(12-9-16)15-6-2-1-3-7-15/h1-3,6-7,14,16H,4-5,8-13,17H2. The summed E-state index contributed by atoms with van der Waals surface area (Å²) in [6.07, 6.45) is 5.04. The number of anilines is 1. The first kappa shape index (κ1) is 12.9. The van der Waals surface area contributed by atoms with E-state index in [0.29, 0.717) is 6.04 Å². The number of nitrogens with zero attached hydrogens (tertiary/aromatic N) is 2. The average Bonchev–Trinajstić information content (AvgIpc) is 2.48. The van der Waals surface area contributed by atoms with Crippen molar-refractivity contribution < 1.29 is 0 Å². The fraction of sp³-hybridized carbons (Fsp3) is 0.625. The van der Waals surface area contributed by atoms with Crippen LogP contribution in [0, 0.1) is 0 Å². The van der Waals surface area contributed by atoms with Gasteiger partial charge in [0.15, 0.2) is 0 Å². The van der Waals surface area contributed by atoms with Gasteiger partial charge in [0.1, 0.15) is 0 Å². The lowest BCUT2D eigenvalue weighted by Crippen LogP contribution is -2.51. The summed E-state index contributed by atoms with van der Waals surface area (Å²) < 4.78 is 0. The Bertz CT molecular complexity index is 384. The van der Waals surface area contributed by atoms with Crippen molar-refractivity contribution in [1.82, 2.24) is 4.90 Å². The largest absolute Gasteiger partial charge is 0.371 e. The minimum atomic E-state index is 0.404. The van der Waals surface area contributed by atoms with Crippen LogP contribution in [-0.2, 0) is 0 Å². The number of nitrogens with two attached hydrogens (primary N) is 1. The second kappa shape index (κ2) is 5.93. The molecule has 1 aromatic rings. The number of rotatable bonds is 2. The Morgan fingerprint density at radius 1 is 0.947 bits per heavy atom. The predicted molar refractivity (Wildman–Crippen MR) is 80.5 cm³/mol. The molecular formula is C16H25N3. The SMILES string of the molecule is NC1CCCN(C2CCN(c3ccccc3)CC2)C1. The van der Waals surface area contributed by atoms with Crippen LogP contribution in [0.2, 0.25) is 0 Å². The van der Waals surface area contributed by atoms with Crippen molar-refractivity contribution in [2.75, 3.05) is 31.1 Å². The number of hydrogen-bond donors (Lipinski definition) is 1. The van der Waals surface area contributed by atoms with E-state index in [-0.39, 0.29) is 0 Å². The fourth-order valence-corrected chi connectivity index (χ4v) is 3.50. The van der Waals surface area contributed by atoms with Crippen LogP contribution in [0.5, 0.6) is 0 Å². The molecule has 1 unspecified atom stereocenters. The van der Waals surface area contributed by atoms with E-state index >= 15 is 0 Å². The Morgan fingerprint density at radius 2 is 1.68 bits per heavy atom. The van der Waals surface area contributed by atoms with Gasteiger partial charge >= 0.3 is 0 Å². The van der Waals surface area contributed by atoms with Gasteiger partial charge < -0.3 is 10.6 Å². The predicted octanol–water partition coefficient (Wildman–Crippen LogP) is 2.08. The lowest BCUT2D eigenvalue weighted by atomic mass is 9.98. The summed E-state index contributed by atoms with van der Waals surface area (Å²) in [5, 5.41) is 0. The minimum absolute atomic E-state index is 0.404. The Hall–Kier alpha value is -1.06. The van der Waals surface area contributed by atoms with Crippen LogP contribution in [0.4, 0.5) is 5.69 Å². The van der Waals surface area contributed by atoms with Crippen molar-refractivity contribution in [3.8, 4) is 0 Å². The first-order valence-electron chi connectivity index (χ1n) is 7.62. The molecule has 0 radical (unpaired) electrons. The summed E-state index contributed by atoms with van der Waals surface area (Å²) in [6.45, 7) is 4.72. The number of likely N-dealkylation sites (tertiary alicyclic amines) is 1. The smallest absolute Gasteiger partial charge is 0.0366 e. The van der Waals surface area contributed by atoms with Gasteiger partial charge in [-0.3, -0.25) is 4.90 Å². The first-order valence-corrected chi connectivity index (χ1v) is 7.62. The Morgan fingerprint density at radius 3 is 2.37 bits per heavy atom. The molecule has 104 valence electrons. The van der Waals surface area contributed by atoms with Crippen LogP contribution >= 0.6 is 0 Å². The molecule has 1 aromatic carbocycles. The van der Waals surface area contributed by atoms with E-state index in [2.05, 4.69) is 40.1 Å². The molecular weight excluding hydrogens is 234 g/mol. The molecule has 3 nitrogen and oxygen atoms in total. The van der Waals surface area contributed by atoms with E-state index in [9.17, 15) is 0 Å². The molecule has 0 amide bonds. The molecule has 2 N–H and O–H groups in total. The number of hydrogen-bond acceptors (Lipinski definition) is 3. The van der Waals surface area contributed by atoms with E-state index in [4.69, 9.17) is 5.73 Å². The molecule has 19 heavy (non-hydrogen) atoms. The van der Waals surface area contributed by atoms with Crippen LogP contribution in [0.3, 0.4) is 0 Å². The van der Waals surface area contributed by atoms with Gasteiger partial charge in [-0.2, -0.15) is 0 Å². The molecule has 0 saturated carbocycles. The fourth-order valence-electron chi connectivity index (χ4n) is 3.50. The van der Waals surface area contributed by atoms with Gasteiger partial charge in [-0.1, -0.05) is 18.2 Å². The Labute approximate surface area is 116 Å². The van der Waals surface area contributed by atoms with E-state index < -0.39 is 0 Å². The molecule has 2 heterocycles. The first-order chi connectivity index (χ1) is 9.33. The van der Waals surface area contributed by atoms with E-state index in [1.165, 1.54) is 51.0 Å². The summed E-state index contributed by atoms with van der Waals surface area (Å²) in [5.41, 5.74) is 7.47. The average molecular weight is 259 g/mol. The molecule has 2 saturated heterocycles.